The van der Waals surface area contributed by atoms with Crippen LogP contribution in [0.5, 0.6) is 5.75 Å². The van der Waals surface area contributed by atoms with Crippen LogP contribution in [0.3, 0.4) is 0 Å². The highest BCUT2D eigenvalue weighted by Crippen LogP contribution is 2.33. The van der Waals surface area contributed by atoms with Crippen molar-refractivity contribution in [2.45, 2.75) is 32.7 Å². The number of pyridine rings is 2. The van der Waals surface area contributed by atoms with Crippen LogP contribution < -0.4 is 19.7 Å². The van der Waals surface area contributed by atoms with Crippen LogP contribution in [0.25, 0.3) is 11.3 Å². The third-order valence-corrected chi connectivity index (χ3v) is 6.80. The molecule has 1 unspecified atom stereocenters. The smallest absolute Gasteiger partial charge is 0.328 e. The molecule has 1 aliphatic heterocycles. The highest BCUT2D eigenvalue weighted by atomic mass is 32.2. The zero-order chi connectivity index (χ0) is 29.0. The Bertz CT molecular complexity index is 1440. The van der Waals surface area contributed by atoms with Gasteiger partial charge >= 0.3 is 5.97 Å². The molecule has 2 aromatic heterocycles. The standard InChI is InChI=1S/C27H30FN5O6S/c1-16(2)15-39-19-13-17(12-18(28)14-19)21-10-9-20(25(30-21)32-11-5-6-22(32)27(35)38-3)26(34)33(40(36)37)24-8-4-7-23(29)31-24/h4,7-10,12-14,16,22H,5-6,11,15H2,1-3H3,(H2,29,31)(H,36,37)/p-1/t22-/m0/s1. The highest BCUT2D eigenvalue weighted by molar-refractivity contribution is 7.81. The maximum atomic E-state index is 14.5. The Kier molecular flexibility index (Phi) is 8.95. The Labute approximate surface area is 233 Å². The number of nitrogen functional groups attached to an aromatic ring is 1. The number of halogens is 1. The van der Waals surface area contributed by atoms with E-state index in [4.69, 9.17) is 15.2 Å². The fourth-order valence-electron chi connectivity index (χ4n) is 4.36. The van der Waals surface area contributed by atoms with Crippen molar-refractivity contribution in [1.29, 1.82) is 0 Å². The predicted molar refractivity (Wildman–Crippen MR) is 147 cm³/mol. The number of amides is 1. The maximum absolute atomic E-state index is 14.5. The van der Waals surface area contributed by atoms with Gasteiger partial charge < -0.3 is 24.7 Å². The Hall–Kier alpha value is -4.10. The SMILES string of the molecule is COC(=O)[C@@H]1CCCN1c1nc(-c2cc(F)cc(OCC(C)C)c2)ccc1C(=O)N(c1cccc(N)n1)S(=O)[O-]. The summed E-state index contributed by atoms with van der Waals surface area (Å²) >= 11 is -3.06. The molecule has 0 aliphatic carbocycles. The van der Waals surface area contributed by atoms with Crippen LogP contribution in [0, 0.1) is 11.7 Å². The molecule has 1 fully saturated rings. The van der Waals surface area contributed by atoms with Crippen LogP contribution >= 0.6 is 0 Å². The van der Waals surface area contributed by atoms with E-state index in [-0.39, 0.29) is 34.6 Å². The number of methoxy groups -OCH3 is 1. The van der Waals surface area contributed by atoms with Gasteiger partial charge in [-0.3, -0.25) is 9.00 Å². The second kappa shape index (κ2) is 12.4. The second-order valence-electron chi connectivity index (χ2n) is 9.56. The number of carbonyl (C=O) groups is 2. The molecule has 13 heteroatoms. The Morgan fingerprint density at radius 1 is 1.23 bits per heavy atom. The third kappa shape index (κ3) is 6.37. The molecular weight excluding hydrogens is 541 g/mol. The van der Waals surface area contributed by atoms with Gasteiger partial charge in [0.25, 0.3) is 5.91 Å². The third-order valence-electron chi connectivity index (χ3n) is 6.15. The molecular formula is C27H29FN5O6S-. The Morgan fingerprint density at radius 3 is 2.67 bits per heavy atom. The maximum Gasteiger partial charge on any atom is 0.328 e. The summed E-state index contributed by atoms with van der Waals surface area (Å²) in [6, 6.07) is 10.5. The van der Waals surface area contributed by atoms with Gasteiger partial charge in [0.1, 0.15) is 35.1 Å². The first-order valence-corrected chi connectivity index (χ1v) is 13.6. The molecule has 1 aromatic carbocycles. The molecule has 11 nitrogen and oxygen atoms in total. The monoisotopic (exact) mass is 570 g/mol. The first-order chi connectivity index (χ1) is 19.1. The summed E-state index contributed by atoms with van der Waals surface area (Å²) in [4.78, 5) is 36.5. The summed E-state index contributed by atoms with van der Waals surface area (Å²) in [6.07, 6.45) is 1.04. The molecule has 0 saturated carbocycles. The molecule has 2 atom stereocenters. The van der Waals surface area contributed by atoms with Gasteiger partial charge in [-0.05, 0) is 55.2 Å². The Morgan fingerprint density at radius 2 is 2.00 bits per heavy atom. The van der Waals surface area contributed by atoms with Crippen molar-refractivity contribution in [2.24, 2.45) is 5.92 Å². The summed E-state index contributed by atoms with van der Waals surface area (Å²) < 4.78 is 50.1. The minimum atomic E-state index is -3.06. The molecule has 0 spiro atoms. The summed E-state index contributed by atoms with van der Waals surface area (Å²) in [6.45, 7) is 4.66. The average molecular weight is 571 g/mol. The van der Waals surface area contributed by atoms with Crippen molar-refractivity contribution in [2.75, 3.05) is 35.2 Å². The number of nitrogens with zero attached hydrogens (tertiary/aromatic N) is 4. The predicted octanol–water partition coefficient (Wildman–Crippen LogP) is 3.48. The number of aromatic nitrogens is 2. The fraction of sp³-hybridized carbons (Fsp3) is 0.333. The molecule has 3 heterocycles. The van der Waals surface area contributed by atoms with Gasteiger partial charge in [0.15, 0.2) is 0 Å². The normalized spacial score (nSPS) is 15.7. The molecule has 1 aliphatic rings. The summed E-state index contributed by atoms with van der Waals surface area (Å²) in [5.41, 5.74) is 6.26. The first kappa shape index (κ1) is 28.9. The van der Waals surface area contributed by atoms with Crippen LogP contribution in [0.4, 0.5) is 21.8 Å². The van der Waals surface area contributed by atoms with Gasteiger partial charge in [-0.1, -0.05) is 19.9 Å². The minimum absolute atomic E-state index is 0.0151. The number of hydrogen-bond donors (Lipinski definition) is 1. The number of carbonyl (C=O) groups excluding carboxylic acids is 2. The van der Waals surface area contributed by atoms with Gasteiger partial charge in [-0.2, -0.15) is 0 Å². The second-order valence-corrected chi connectivity index (χ2v) is 10.4. The minimum Gasteiger partial charge on any atom is -0.755 e. The zero-order valence-electron chi connectivity index (χ0n) is 22.2. The van der Waals surface area contributed by atoms with E-state index < -0.39 is 35.0 Å². The van der Waals surface area contributed by atoms with Crippen molar-refractivity contribution in [3.63, 3.8) is 0 Å². The lowest BCUT2D eigenvalue weighted by Gasteiger charge is -2.29. The van der Waals surface area contributed by atoms with Crippen molar-refractivity contribution in [3.8, 4) is 17.0 Å². The molecule has 2 N–H and O–H groups in total. The van der Waals surface area contributed by atoms with Crippen LogP contribution in [0.1, 0.15) is 37.0 Å². The molecule has 0 bridgehead atoms. The lowest BCUT2D eigenvalue weighted by molar-refractivity contribution is -0.141. The number of anilines is 3. The van der Waals surface area contributed by atoms with Crippen molar-refractivity contribution >= 4 is 40.6 Å². The first-order valence-electron chi connectivity index (χ1n) is 12.5. The van der Waals surface area contributed by atoms with E-state index in [0.717, 1.165) is 0 Å². The van der Waals surface area contributed by atoms with Gasteiger partial charge in [-0.25, -0.2) is 23.5 Å². The Balaban J connectivity index is 1.84. The van der Waals surface area contributed by atoms with Crippen LogP contribution in [-0.4, -0.2) is 56.9 Å². The molecule has 3 aromatic rings. The molecule has 40 heavy (non-hydrogen) atoms. The van der Waals surface area contributed by atoms with E-state index in [1.165, 1.54) is 49.6 Å². The molecule has 0 radical (unpaired) electrons. The summed E-state index contributed by atoms with van der Waals surface area (Å²) in [7, 11) is 1.26. The van der Waals surface area contributed by atoms with E-state index in [1.807, 2.05) is 13.8 Å². The molecule has 4 rings (SSSR count). The van der Waals surface area contributed by atoms with E-state index in [1.54, 1.807) is 11.0 Å². The number of ether oxygens (including phenoxy) is 2. The molecule has 212 valence electrons. The van der Waals surface area contributed by atoms with Crippen LogP contribution in [0.15, 0.2) is 48.5 Å². The van der Waals surface area contributed by atoms with E-state index in [0.29, 0.717) is 41.6 Å². The van der Waals surface area contributed by atoms with E-state index >= 15 is 0 Å². The molecule has 1 saturated heterocycles. The topological polar surface area (TPSA) is 151 Å². The largest absolute Gasteiger partial charge is 0.755 e. The van der Waals surface area contributed by atoms with Crippen LogP contribution in [-0.2, 0) is 20.8 Å². The molecule has 1 amide bonds. The van der Waals surface area contributed by atoms with Crippen molar-refractivity contribution in [3.05, 3.63) is 59.9 Å². The fourth-order valence-corrected chi connectivity index (χ4v) is 4.85. The lowest BCUT2D eigenvalue weighted by atomic mass is 10.1. The van der Waals surface area contributed by atoms with Gasteiger partial charge in [0, 0.05) is 18.2 Å². The summed E-state index contributed by atoms with van der Waals surface area (Å²) in [5, 5.41) is 0. The number of esters is 1. The number of rotatable bonds is 9. The lowest BCUT2D eigenvalue weighted by Crippen LogP contribution is -2.40. The number of benzene rings is 1. The van der Waals surface area contributed by atoms with Crippen molar-refractivity contribution in [1.82, 2.24) is 9.97 Å². The van der Waals surface area contributed by atoms with E-state index in [9.17, 15) is 22.7 Å². The van der Waals surface area contributed by atoms with Gasteiger partial charge in [0.2, 0.25) is 0 Å². The van der Waals surface area contributed by atoms with Gasteiger partial charge in [0.05, 0.1) is 36.2 Å². The van der Waals surface area contributed by atoms with Crippen LogP contribution in [0.2, 0.25) is 0 Å². The summed E-state index contributed by atoms with van der Waals surface area (Å²) in [5.74, 6) is -1.66. The number of hydrogen-bond acceptors (Lipinski definition) is 10. The zero-order valence-corrected chi connectivity index (χ0v) is 23.0. The van der Waals surface area contributed by atoms with Crippen molar-refractivity contribution < 1.29 is 32.2 Å². The number of nitrogens with two attached hydrogens (primary N) is 1. The highest BCUT2D eigenvalue weighted by Gasteiger charge is 2.36. The van der Waals surface area contributed by atoms with Gasteiger partial charge in [-0.15, -0.1) is 0 Å². The van der Waals surface area contributed by atoms with E-state index in [2.05, 4.69) is 9.97 Å². The quantitative estimate of drug-likeness (QED) is 0.299. The average Bonchev–Trinajstić information content (AvgIpc) is 3.41.